The lowest BCUT2D eigenvalue weighted by molar-refractivity contribution is 0.0962. The molecular weight excluding hydrogens is 220 g/mol. The molecule has 1 unspecified atom stereocenters. The third-order valence-corrected chi connectivity index (χ3v) is 3.22. The number of halogens is 1. The molecule has 0 bridgehead atoms. The molecule has 1 aromatic carbocycles. The van der Waals surface area contributed by atoms with Crippen molar-refractivity contribution in [3.63, 3.8) is 0 Å². The summed E-state index contributed by atoms with van der Waals surface area (Å²) < 4.78 is 0. The number of carbonyl (C=O) groups is 1. The van der Waals surface area contributed by atoms with Crippen LogP contribution in [-0.2, 0) is 0 Å². The van der Waals surface area contributed by atoms with Gasteiger partial charge in [0.15, 0.2) is 5.78 Å². The van der Waals surface area contributed by atoms with Crippen LogP contribution >= 0.6 is 11.6 Å². The Labute approximate surface area is 103 Å². The molecular formula is C14H19ClO. The summed E-state index contributed by atoms with van der Waals surface area (Å²) >= 11 is 5.93. The van der Waals surface area contributed by atoms with Crippen LogP contribution < -0.4 is 0 Å². The van der Waals surface area contributed by atoms with E-state index in [1.54, 1.807) is 6.07 Å². The van der Waals surface area contributed by atoms with Gasteiger partial charge >= 0.3 is 0 Å². The number of rotatable bonds is 5. The standard InChI is InChI=1S/C14H19ClO/c1-4-5-10(2)8-14(16)12-6-7-13(15)11(3)9-12/h6-7,9-10H,4-5,8H2,1-3H3. The number of ketones is 1. The number of benzene rings is 1. The fraction of sp³-hybridized carbons (Fsp3) is 0.500. The van der Waals surface area contributed by atoms with Crippen molar-refractivity contribution in [1.29, 1.82) is 0 Å². The minimum Gasteiger partial charge on any atom is -0.294 e. The van der Waals surface area contributed by atoms with Gasteiger partial charge in [-0.1, -0.05) is 38.3 Å². The van der Waals surface area contributed by atoms with E-state index in [1.807, 2.05) is 19.1 Å². The summed E-state index contributed by atoms with van der Waals surface area (Å²) in [4.78, 5) is 12.0. The molecule has 1 nitrogen and oxygen atoms in total. The van der Waals surface area contributed by atoms with Crippen molar-refractivity contribution in [2.75, 3.05) is 0 Å². The average molecular weight is 239 g/mol. The van der Waals surface area contributed by atoms with Crippen molar-refractivity contribution >= 4 is 17.4 Å². The lowest BCUT2D eigenvalue weighted by atomic mass is 9.95. The maximum Gasteiger partial charge on any atom is 0.163 e. The Bertz CT molecular complexity index is 371. The van der Waals surface area contributed by atoms with Gasteiger partial charge in [-0.05, 0) is 36.6 Å². The van der Waals surface area contributed by atoms with Crippen LogP contribution in [0.5, 0.6) is 0 Å². The van der Waals surface area contributed by atoms with Crippen molar-refractivity contribution in [2.45, 2.75) is 40.0 Å². The highest BCUT2D eigenvalue weighted by atomic mass is 35.5. The number of hydrogen-bond acceptors (Lipinski definition) is 1. The van der Waals surface area contributed by atoms with Gasteiger partial charge < -0.3 is 0 Å². The van der Waals surface area contributed by atoms with Crippen LogP contribution in [0.15, 0.2) is 18.2 Å². The monoisotopic (exact) mass is 238 g/mol. The molecule has 0 radical (unpaired) electrons. The van der Waals surface area contributed by atoms with Gasteiger partial charge in [0.1, 0.15) is 0 Å². The summed E-state index contributed by atoms with van der Waals surface area (Å²) in [5.74, 6) is 0.689. The fourth-order valence-electron chi connectivity index (χ4n) is 1.85. The average Bonchev–Trinajstić information content (AvgIpc) is 2.22. The molecule has 0 N–H and O–H groups in total. The number of carbonyl (C=O) groups excluding carboxylic acids is 1. The smallest absolute Gasteiger partial charge is 0.163 e. The molecule has 0 aliphatic carbocycles. The third-order valence-electron chi connectivity index (χ3n) is 2.80. The van der Waals surface area contributed by atoms with Gasteiger partial charge in [-0.15, -0.1) is 0 Å². The molecule has 2 heteroatoms. The molecule has 88 valence electrons. The second kappa shape index (κ2) is 6.05. The highest BCUT2D eigenvalue weighted by Crippen LogP contribution is 2.19. The Morgan fingerprint density at radius 2 is 2.12 bits per heavy atom. The van der Waals surface area contributed by atoms with E-state index in [0.29, 0.717) is 12.3 Å². The zero-order valence-electron chi connectivity index (χ0n) is 10.2. The maximum absolute atomic E-state index is 12.0. The Balaban J connectivity index is 2.69. The molecule has 0 aliphatic heterocycles. The van der Waals surface area contributed by atoms with Crippen LogP contribution in [-0.4, -0.2) is 5.78 Å². The Morgan fingerprint density at radius 1 is 1.44 bits per heavy atom. The quantitative estimate of drug-likeness (QED) is 0.682. The molecule has 0 aliphatic rings. The molecule has 0 heterocycles. The summed E-state index contributed by atoms with van der Waals surface area (Å²) in [6.07, 6.45) is 2.88. The molecule has 16 heavy (non-hydrogen) atoms. The summed E-state index contributed by atoms with van der Waals surface area (Å²) in [5.41, 5.74) is 1.75. The van der Waals surface area contributed by atoms with Crippen LogP contribution in [0, 0.1) is 12.8 Å². The van der Waals surface area contributed by atoms with Crippen molar-refractivity contribution in [3.8, 4) is 0 Å². The predicted octanol–water partition coefficient (Wildman–Crippen LogP) is 4.66. The number of hydrogen-bond donors (Lipinski definition) is 0. The molecule has 0 amide bonds. The first-order valence-corrected chi connectivity index (χ1v) is 6.21. The molecule has 0 fully saturated rings. The van der Waals surface area contributed by atoms with Crippen LogP contribution in [0.4, 0.5) is 0 Å². The van der Waals surface area contributed by atoms with Gasteiger partial charge in [-0.25, -0.2) is 0 Å². The van der Waals surface area contributed by atoms with E-state index < -0.39 is 0 Å². The summed E-state index contributed by atoms with van der Waals surface area (Å²) in [7, 11) is 0. The van der Waals surface area contributed by atoms with Crippen molar-refractivity contribution in [1.82, 2.24) is 0 Å². The van der Waals surface area contributed by atoms with Gasteiger partial charge in [0.25, 0.3) is 0 Å². The fourth-order valence-corrected chi connectivity index (χ4v) is 1.96. The number of aryl methyl sites for hydroxylation is 1. The summed E-state index contributed by atoms with van der Waals surface area (Å²) in [6, 6.07) is 5.49. The first-order valence-electron chi connectivity index (χ1n) is 5.84. The minimum absolute atomic E-state index is 0.223. The Kier molecular flexibility index (Phi) is 5.01. The van der Waals surface area contributed by atoms with E-state index >= 15 is 0 Å². The second-order valence-corrected chi connectivity index (χ2v) is 4.89. The zero-order chi connectivity index (χ0) is 12.1. The van der Waals surface area contributed by atoms with Crippen LogP contribution in [0.2, 0.25) is 5.02 Å². The van der Waals surface area contributed by atoms with E-state index in [1.165, 1.54) is 0 Å². The zero-order valence-corrected chi connectivity index (χ0v) is 11.0. The van der Waals surface area contributed by atoms with Gasteiger partial charge in [0.05, 0.1) is 0 Å². The summed E-state index contributed by atoms with van der Waals surface area (Å²) in [5, 5.41) is 0.721. The predicted molar refractivity (Wildman–Crippen MR) is 69.2 cm³/mol. The normalized spacial score (nSPS) is 12.5. The minimum atomic E-state index is 0.223. The molecule has 0 saturated carbocycles. The molecule has 1 rings (SSSR count). The lowest BCUT2D eigenvalue weighted by Crippen LogP contribution is -2.06. The van der Waals surface area contributed by atoms with E-state index in [9.17, 15) is 4.79 Å². The van der Waals surface area contributed by atoms with Gasteiger partial charge in [0.2, 0.25) is 0 Å². The topological polar surface area (TPSA) is 17.1 Å². The first-order chi connectivity index (χ1) is 7.54. The van der Waals surface area contributed by atoms with Gasteiger partial charge in [-0.2, -0.15) is 0 Å². The van der Waals surface area contributed by atoms with E-state index in [-0.39, 0.29) is 5.78 Å². The SMILES string of the molecule is CCCC(C)CC(=O)c1ccc(Cl)c(C)c1. The second-order valence-electron chi connectivity index (χ2n) is 4.49. The van der Waals surface area contributed by atoms with Crippen LogP contribution in [0.3, 0.4) is 0 Å². The third kappa shape index (κ3) is 3.64. The molecule has 1 atom stereocenters. The highest BCUT2D eigenvalue weighted by molar-refractivity contribution is 6.31. The lowest BCUT2D eigenvalue weighted by Gasteiger charge is -2.09. The Morgan fingerprint density at radius 3 is 2.69 bits per heavy atom. The largest absolute Gasteiger partial charge is 0.294 e. The molecule has 0 spiro atoms. The molecule has 0 saturated heterocycles. The van der Waals surface area contributed by atoms with Crippen LogP contribution in [0.1, 0.15) is 49.0 Å². The first kappa shape index (κ1) is 13.2. The van der Waals surface area contributed by atoms with Gasteiger partial charge in [0, 0.05) is 17.0 Å². The Hall–Kier alpha value is -0.820. The van der Waals surface area contributed by atoms with Crippen molar-refractivity contribution < 1.29 is 4.79 Å². The highest BCUT2D eigenvalue weighted by Gasteiger charge is 2.11. The molecule has 1 aromatic rings. The summed E-state index contributed by atoms with van der Waals surface area (Å²) in [6.45, 7) is 6.20. The number of Topliss-reactive ketones (excluding diaryl/α,β-unsaturated/α-hetero) is 1. The maximum atomic E-state index is 12.0. The van der Waals surface area contributed by atoms with Gasteiger partial charge in [-0.3, -0.25) is 4.79 Å². The molecule has 0 aromatic heterocycles. The van der Waals surface area contributed by atoms with Crippen LogP contribution in [0.25, 0.3) is 0 Å². The van der Waals surface area contributed by atoms with E-state index in [2.05, 4.69) is 13.8 Å². The van der Waals surface area contributed by atoms with E-state index in [0.717, 1.165) is 29.0 Å². The van der Waals surface area contributed by atoms with Crippen molar-refractivity contribution in [2.24, 2.45) is 5.92 Å². The van der Waals surface area contributed by atoms with E-state index in [4.69, 9.17) is 11.6 Å². The van der Waals surface area contributed by atoms with Crippen molar-refractivity contribution in [3.05, 3.63) is 34.3 Å².